The first-order valence-electron chi connectivity index (χ1n) is 5.75. The molecule has 0 aliphatic carbocycles. The largest absolute Gasteiger partial charge is 0.352 e. The van der Waals surface area contributed by atoms with Crippen molar-refractivity contribution in [3.05, 3.63) is 46.8 Å². The molecule has 3 aromatic rings. The van der Waals surface area contributed by atoms with E-state index in [-0.39, 0.29) is 0 Å². The predicted molar refractivity (Wildman–Crippen MR) is 78.8 cm³/mol. The van der Waals surface area contributed by atoms with Crippen molar-refractivity contribution in [1.82, 2.24) is 15.0 Å². The second kappa shape index (κ2) is 5.11. The fraction of sp³-hybridized carbons (Fsp3) is 0.154. The number of para-hydroxylation sites is 1. The number of rotatable bonds is 3. The standard InChI is InChI=1S/C13H11ClN4S/c1-18(12-7-15-6-11(14)17-12)8-13-16-9-4-2-3-5-10(9)19-13/h2-7H,8H2,1H3. The Morgan fingerprint density at radius 2 is 2.05 bits per heavy atom. The zero-order chi connectivity index (χ0) is 13.2. The molecule has 0 saturated carbocycles. The van der Waals surface area contributed by atoms with Crippen molar-refractivity contribution in [3.63, 3.8) is 0 Å². The Balaban J connectivity index is 1.84. The highest BCUT2D eigenvalue weighted by molar-refractivity contribution is 7.18. The number of benzene rings is 1. The highest BCUT2D eigenvalue weighted by Crippen LogP contribution is 2.23. The fourth-order valence-corrected chi connectivity index (χ4v) is 2.95. The summed E-state index contributed by atoms with van der Waals surface area (Å²) < 4.78 is 1.20. The minimum absolute atomic E-state index is 0.397. The molecule has 0 unspecified atom stereocenters. The van der Waals surface area contributed by atoms with Crippen molar-refractivity contribution < 1.29 is 0 Å². The Labute approximate surface area is 119 Å². The van der Waals surface area contributed by atoms with Crippen molar-refractivity contribution in [3.8, 4) is 0 Å². The van der Waals surface area contributed by atoms with Crippen LogP contribution in [0.5, 0.6) is 0 Å². The molecule has 3 rings (SSSR count). The number of anilines is 1. The minimum atomic E-state index is 0.397. The Kier molecular flexibility index (Phi) is 3.31. The van der Waals surface area contributed by atoms with Gasteiger partial charge in [-0.05, 0) is 12.1 Å². The summed E-state index contributed by atoms with van der Waals surface area (Å²) in [4.78, 5) is 14.8. The number of thiazole rings is 1. The second-order valence-electron chi connectivity index (χ2n) is 4.13. The van der Waals surface area contributed by atoms with E-state index in [1.807, 2.05) is 30.1 Å². The van der Waals surface area contributed by atoms with E-state index < -0.39 is 0 Å². The first kappa shape index (κ1) is 12.3. The molecule has 0 aliphatic rings. The molecule has 0 bridgehead atoms. The van der Waals surface area contributed by atoms with E-state index >= 15 is 0 Å². The van der Waals surface area contributed by atoms with Crippen molar-refractivity contribution in [2.75, 3.05) is 11.9 Å². The van der Waals surface area contributed by atoms with Crippen LogP contribution in [0.4, 0.5) is 5.82 Å². The molecule has 2 heterocycles. The summed E-state index contributed by atoms with van der Waals surface area (Å²) in [6.45, 7) is 0.689. The van der Waals surface area contributed by atoms with Crippen LogP contribution in [0.2, 0.25) is 5.15 Å². The van der Waals surface area contributed by atoms with Crippen molar-refractivity contribution in [2.24, 2.45) is 0 Å². The van der Waals surface area contributed by atoms with Crippen LogP contribution in [0, 0.1) is 0 Å². The summed E-state index contributed by atoms with van der Waals surface area (Å²) in [5, 5.41) is 1.44. The first-order chi connectivity index (χ1) is 9.22. The smallest absolute Gasteiger partial charge is 0.149 e. The number of nitrogens with zero attached hydrogens (tertiary/aromatic N) is 4. The predicted octanol–water partition coefficient (Wildman–Crippen LogP) is 3.38. The summed E-state index contributed by atoms with van der Waals surface area (Å²) in [5.74, 6) is 0.742. The van der Waals surface area contributed by atoms with Gasteiger partial charge in [-0.1, -0.05) is 23.7 Å². The highest BCUT2D eigenvalue weighted by atomic mass is 35.5. The summed E-state index contributed by atoms with van der Waals surface area (Å²) in [6, 6.07) is 8.12. The summed E-state index contributed by atoms with van der Waals surface area (Å²) in [5.41, 5.74) is 1.04. The van der Waals surface area contributed by atoms with Crippen LogP contribution in [-0.4, -0.2) is 22.0 Å². The van der Waals surface area contributed by atoms with Crippen LogP contribution in [-0.2, 0) is 6.54 Å². The van der Waals surface area contributed by atoms with Gasteiger partial charge in [0.05, 0.1) is 29.2 Å². The molecule has 0 spiro atoms. The maximum atomic E-state index is 5.84. The highest BCUT2D eigenvalue weighted by Gasteiger charge is 2.08. The van der Waals surface area contributed by atoms with Gasteiger partial charge in [-0.15, -0.1) is 11.3 Å². The molecule has 0 fully saturated rings. The molecular weight excluding hydrogens is 280 g/mol. The van der Waals surface area contributed by atoms with Crippen molar-refractivity contribution >= 4 is 39.0 Å². The number of hydrogen-bond acceptors (Lipinski definition) is 5. The lowest BCUT2D eigenvalue weighted by Crippen LogP contribution is -2.17. The van der Waals surface area contributed by atoms with Gasteiger partial charge in [-0.2, -0.15) is 0 Å². The first-order valence-corrected chi connectivity index (χ1v) is 6.95. The molecule has 0 N–H and O–H groups in total. The zero-order valence-electron chi connectivity index (χ0n) is 10.2. The van der Waals surface area contributed by atoms with E-state index in [0.717, 1.165) is 16.3 Å². The topological polar surface area (TPSA) is 41.9 Å². The van der Waals surface area contributed by atoms with Crippen LogP contribution in [0.15, 0.2) is 36.7 Å². The van der Waals surface area contributed by atoms with Gasteiger partial charge in [0.1, 0.15) is 16.0 Å². The molecule has 0 saturated heterocycles. The molecule has 4 nitrogen and oxygen atoms in total. The minimum Gasteiger partial charge on any atom is -0.352 e. The Morgan fingerprint density at radius 1 is 1.21 bits per heavy atom. The summed E-state index contributed by atoms with van der Waals surface area (Å²) in [6.07, 6.45) is 3.22. The Morgan fingerprint density at radius 3 is 2.84 bits per heavy atom. The molecule has 96 valence electrons. The van der Waals surface area contributed by atoms with Crippen LogP contribution < -0.4 is 4.90 Å². The van der Waals surface area contributed by atoms with E-state index in [1.165, 1.54) is 10.9 Å². The van der Waals surface area contributed by atoms with Crippen LogP contribution in [0.1, 0.15) is 5.01 Å². The molecular formula is C13H11ClN4S. The molecule has 2 aromatic heterocycles. The lowest BCUT2D eigenvalue weighted by atomic mass is 10.3. The Bertz CT molecular complexity index is 679. The van der Waals surface area contributed by atoms with Gasteiger partial charge < -0.3 is 4.90 Å². The van der Waals surface area contributed by atoms with Gasteiger partial charge in [0.2, 0.25) is 0 Å². The molecule has 6 heteroatoms. The number of hydrogen-bond donors (Lipinski definition) is 0. The lowest BCUT2D eigenvalue weighted by molar-refractivity contribution is 0.883. The Hall–Kier alpha value is -1.72. The van der Waals surface area contributed by atoms with Crippen LogP contribution >= 0.6 is 22.9 Å². The maximum absolute atomic E-state index is 5.84. The third-order valence-electron chi connectivity index (χ3n) is 2.69. The molecule has 1 aromatic carbocycles. The monoisotopic (exact) mass is 290 g/mol. The van der Waals surface area contributed by atoms with Gasteiger partial charge in [0.25, 0.3) is 0 Å². The van der Waals surface area contributed by atoms with E-state index in [9.17, 15) is 0 Å². The average molecular weight is 291 g/mol. The quantitative estimate of drug-likeness (QED) is 0.741. The second-order valence-corrected chi connectivity index (χ2v) is 5.63. The third kappa shape index (κ3) is 2.67. The SMILES string of the molecule is CN(Cc1nc2ccccc2s1)c1cncc(Cl)n1. The number of aromatic nitrogens is 3. The molecule has 0 radical (unpaired) electrons. The van der Waals surface area contributed by atoms with E-state index in [2.05, 4.69) is 21.0 Å². The van der Waals surface area contributed by atoms with E-state index in [1.54, 1.807) is 17.5 Å². The number of halogens is 1. The van der Waals surface area contributed by atoms with Crippen molar-refractivity contribution in [2.45, 2.75) is 6.54 Å². The van der Waals surface area contributed by atoms with Gasteiger partial charge in [-0.3, -0.25) is 4.98 Å². The third-order valence-corrected chi connectivity index (χ3v) is 3.90. The lowest BCUT2D eigenvalue weighted by Gasteiger charge is -2.15. The summed E-state index contributed by atoms with van der Waals surface area (Å²) >= 11 is 7.53. The average Bonchev–Trinajstić information content (AvgIpc) is 2.80. The van der Waals surface area contributed by atoms with E-state index in [0.29, 0.717) is 11.7 Å². The normalized spacial score (nSPS) is 10.8. The van der Waals surface area contributed by atoms with Crippen LogP contribution in [0.25, 0.3) is 10.2 Å². The van der Waals surface area contributed by atoms with Crippen molar-refractivity contribution in [1.29, 1.82) is 0 Å². The van der Waals surface area contributed by atoms with Gasteiger partial charge in [0.15, 0.2) is 0 Å². The molecule has 0 amide bonds. The van der Waals surface area contributed by atoms with Gasteiger partial charge >= 0.3 is 0 Å². The molecule has 0 atom stereocenters. The van der Waals surface area contributed by atoms with Gasteiger partial charge in [0, 0.05) is 7.05 Å². The van der Waals surface area contributed by atoms with Crippen LogP contribution in [0.3, 0.4) is 0 Å². The molecule has 0 aliphatic heterocycles. The number of fused-ring (bicyclic) bond motifs is 1. The fourth-order valence-electron chi connectivity index (χ4n) is 1.79. The van der Waals surface area contributed by atoms with E-state index in [4.69, 9.17) is 11.6 Å². The summed E-state index contributed by atoms with van der Waals surface area (Å²) in [7, 11) is 1.95. The zero-order valence-corrected chi connectivity index (χ0v) is 11.8. The molecule has 19 heavy (non-hydrogen) atoms. The van der Waals surface area contributed by atoms with Gasteiger partial charge in [-0.25, -0.2) is 9.97 Å². The maximum Gasteiger partial charge on any atom is 0.149 e.